The Bertz CT molecular complexity index is 347. The molecule has 0 aromatic carbocycles. The third kappa shape index (κ3) is 1.46. The van der Waals surface area contributed by atoms with Crippen LogP contribution in [0.1, 0.15) is 53.4 Å². The van der Waals surface area contributed by atoms with Crippen molar-refractivity contribution in [3.63, 3.8) is 0 Å². The summed E-state index contributed by atoms with van der Waals surface area (Å²) in [5.74, 6) is 1.48. The molecule has 3 aliphatic carbocycles. The van der Waals surface area contributed by atoms with Crippen molar-refractivity contribution in [1.82, 2.24) is 0 Å². The highest BCUT2D eigenvalue weighted by Crippen LogP contribution is 2.70. The van der Waals surface area contributed by atoms with Crippen LogP contribution < -0.4 is 0 Å². The molecule has 0 aliphatic heterocycles. The predicted octanol–water partition coefficient (Wildman–Crippen LogP) is 2.58. The van der Waals surface area contributed by atoms with Crippen molar-refractivity contribution in [2.75, 3.05) is 0 Å². The van der Waals surface area contributed by atoms with E-state index in [1.807, 2.05) is 6.92 Å². The molecular formula is C15H26O2. The summed E-state index contributed by atoms with van der Waals surface area (Å²) in [5, 5.41) is 21.1. The lowest BCUT2D eigenvalue weighted by atomic mass is 9.72. The van der Waals surface area contributed by atoms with E-state index in [4.69, 9.17) is 0 Å². The zero-order valence-electron chi connectivity index (χ0n) is 11.5. The van der Waals surface area contributed by atoms with E-state index in [0.29, 0.717) is 23.2 Å². The van der Waals surface area contributed by atoms with E-state index < -0.39 is 5.60 Å². The molecule has 6 atom stereocenters. The Morgan fingerprint density at radius 1 is 0.941 bits per heavy atom. The number of rotatable bonds is 0. The molecule has 98 valence electrons. The van der Waals surface area contributed by atoms with Crippen LogP contribution in [0.5, 0.6) is 0 Å². The van der Waals surface area contributed by atoms with Gasteiger partial charge in [-0.3, -0.25) is 0 Å². The summed E-state index contributed by atoms with van der Waals surface area (Å²) >= 11 is 0. The first kappa shape index (κ1) is 12.0. The van der Waals surface area contributed by atoms with Gasteiger partial charge in [-0.1, -0.05) is 20.8 Å². The highest BCUT2D eigenvalue weighted by Gasteiger charge is 2.67. The lowest BCUT2D eigenvalue weighted by molar-refractivity contribution is -0.0314. The highest BCUT2D eigenvalue weighted by molar-refractivity contribution is 5.16. The topological polar surface area (TPSA) is 40.5 Å². The molecule has 0 aromatic heterocycles. The lowest BCUT2D eigenvalue weighted by Gasteiger charge is -2.37. The SMILES string of the molecule is CC1(C)C[C@H]2[C@@H](CC[C@@]2(C)O)[C@]2(C)C[C@H]2[C@H]1O. The van der Waals surface area contributed by atoms with E-state index in [9.17, 15) is 10.2 Å². The number of aliphatic hydroxyl groups excluding tert-OH is 1. The quantitative estimate of drug-likeness (QED) is 0.681. The normalized spacial score (nSPS) is 60.4. The van der Waals surface area contributed by atoms with E-state index in [-0.39, 0.29) is 11.5 Å². The number of hydrogen-bond acceptors (Lipinski definition) is 2. The average Bonchev–Trinajstić information content (AvgIpc) is 2.79. The summed E-state index contributed by atoms with van der Waals surface area (Å²) < 4.78 is 0. The Labute approximate surface area is 104 Å². The second-order valence-electron chi connectivity index (χ2n) is 8.06. The van der Waals surface area contributed by atoms with Gasteiger partial charge in [0.2, 0.25) is 0 Å². The Morgan fingerprint density at radius 3 is 2.24 bits per heavy atom. The minimum absolute atomic E-state index is 0.0455. The first-order valence-corrected chi connectivity index (χ1v) is 7.09. The maximum atomic E-state index is 10.6. The first-order valence-electron chi connectivity index (χ1n) is 7.09. The third-order valence-electron chi connectivity index (χ3n) is 6.37. The van der Waals surface area contributed by atoms with Crippen LogP contribution in [0.4, 0.5) is 0 Å². The van der Waals surface area contributed by atoms with Crippen LogP contribution >= 0.6 is 0 Å². The van der Waals surface area contributed by atoms with Crippen molar-refractivity contribution in [3.05, 3.63) is 0 Å². The first-order chi connectivity index (χ1) is 7.68. The van der Waals surface area contributed by atoms with Gasteiger partial charge in [0.15, 0.2) is 0 Å². The standard InChI is InChI=1S/C15H26O2/c1-13(2)7-10-9(5-6-15(10,4)17)14(3)8-11(14)12(13)16/h9-12,16-17H,5-8H2,1-4H3/t9-,10+,11+,12-,14+,15-/m1/s1. The van der Waals surface area contributed by atoms with E-state index in [1.54, 1.807) is 0 Å². The van der Waals surface area contributed by atoms with Gasteiger partial charge in [-0.05, 0) is 61.2 Å². The molecule has 0 spiro atoms. The Morgan fingerprint density at radius 2 is 1.59 bits per heavy atom. The summed E-state index contributed by atoms with van der Waals surface area (Å²) in [6.45, 7) is 8.69. The molecule has 0 aromatic rings. The minimum atomic E-state index is -0.512. The van der Waals surface area contributed by atoms with Gasteiger partial charge in [0, 0.05) is 0 Å². The molecule has 3 fully saturated rings. The predicted molar refractivity (Wildman–Crippen MR) is 67.5 cm³/mol. The number of hydrogen-bond donors (Lipinski definition) is 2. The fraction of sp³-hybridized carbons (Fsp3) is 1.00. The maximum Gasteiger partial charge on any atom is 0.0651 e. The van der Waals surface area contributed by atoms with Crippen molar-refractivity contribution in [2.45, 2.75) is 65.1 Å². The molecule has 0 unspecified atom stereocenters. The maximum absolute atomic E-state index is 10.6. The molecule has 17 heavy (non-hydrogen) atoms. The summed E-state index contributed by atoms with van der Waals surface area (Å²) in [6.07, 6.45) is 4.03. The van der Waals surface area contributed by atoms with E-state index in [2.05, 4.69) is 20.8 Å². The van der Waals surface area contributed by atoms with Gasteiger partial charge in [-0.25, -0.2) is 0 Å². The molecule has 3 rings (SSSR count). The minimum Gasteiger partial charge on any atom is -0.392 e. The lowest BCUT2D eigenvalue weighted by Crippen LogP contribution is -2.38. The largest absolute Gasteiger partial charge is 0.392 e. The molecule has 0 heterocycles. The highest BCUT2D eigenvalue weighted by atomic mass is 16.3. The fourth-order valence-electron chi connectivity index (χ4n) is 4.96. The van der Waals surface area contributed by atoms with Gasteiger partial charge in [0.05, 0.1) is 11.7 Å². The molecule has 3 saturated carbocycles. The Balaban J connectivity index is 2.00. The molecule has 0 saturated heterocycles. The molecule has 0 amide bonds. The zero-order chi connectivity index (χ0) is 12.6. The van der Waals surface area contributed by atoms with Gasteiger partial charge >= 0.3 is 0 Å². The van der Waals surface area contributed by atoms with Crippen molar-refractivity contribution in [2.24, 2.45) is 28.6 Å². The summed E-state index contributed by atoms with van der Waals surface area (Å²) in [7, 11) is 0. The van der Waals surface area contributed by atoms with Gasteiger partial charge < -0.3 is 10.2 Å². The summed E-state index contributed by atoms with van der Waals surface area (Å²) in [4.78, 5) is 0. The molecule has 2 nitrogen and oxygen atoms in total. The van der Waals surface area contributed by atoms with Gasteiger partial charge in [0.1, 0.15) is 0 Å². The molecule has 2 N–H and O–H groups in total. The number of fused-ring (bicyclic) bond motifs is 3. The van der Waals surface area contributed by atoms with Crippen LogP contribution in [-0.4, -0.2) is 21.9 Å². The molecule has 3 aliphatic rings. The van der Waals surface area contributed by atoms with Gasteiger partial charge in [-0.15, -0.1) is 0 Å². The second-order valence-corrected chi connectivity index (χ2v) is 8.06. The van der Waals surface area contributed by atoms with Gasteiger partial charge in [-0.2, -0.15) is 0 Å². The Kier molecular flexibility index (Phi) is 2.17. The fourth-order valence-corrected chi connectivity index (χ4v) is 4.96. The van der Waals surface area contributed by atoms with Crippen LogP contribution in [0.25, 0.3) is 0 Å². The second kappa shape index (κ2) is 3.08. The molecular weight excluding hydrogens is 212 g/mol. The van der Waals surface area contributed by atoms with E-state index in [0.717, 1.165) is 25.7 Å². The Hall–Kier alpha value is -0.0800. The molecule has 0 bridgehead atoms. The average molecular weight is 238 g/mol. The van der Waals surface area contributed by atoms with Crippen LogP contribution in [0.15, 0.2) is 0 Å². The third-order valence-corrected chi connectivity index (χ3v) is 6.37. The van der Waals surface area contributed by atoms with Crippen LogP contribution in [0.3, 0.4) is 0 Å². The number of aliphatic hydroxyl groups is 2. The summed E-state index contributed by atoms with van der Waals surface area (Å²) in [6, 6.07) is 0. The monoisotopic (exact) mass is 238 g/mol. The van der Waals surface area contributed by atoms with E-state index >= 15 is 0 Å². The zero-order valence-corrected chi connectivity index (χ0v) is 11.5. The van der Waals surface area contributed by atoms with Crippen LogP contribution in [0.2, 0.25) is 0 Å². The van der Waals surface area contributed by atoms with Gasteiger partial charge in [0.25, 0.3) is 0 Å². The van der Waals surface area contributed by atoms with Crippen molar-refractivity contribution >= 4 is 0 Å². The summed E-state index contributed by atoms with van der Waals surface area (Å²) in [5.41, 5.74) is -0.253. The molecule has 2 heteroatoms. The van der Waals surface area contributed by atoms with Crippen LogP contribution in [0, 0.1) is 28.6 Å². The van der Waals surface area contributed by atoms with Crippen molar-refractivity contribution < 1.29 is 10.2 Å². The smallest absolute Gasteiger partial charge is 0.0651 e. The molecule has 0 radical (unpaired) electrons. The van der Waals surface area contributed by atoms with Crippen molar-refractivity contribution in [3.8, 4) is 0 Å². The van der Waals surface area contributed by atoms with E-state index in [1.165, 1.54) is 0 Å². The van der Waals surface area contributed by atoms with Crippen LogP contribution in [-0.2, 0) is 0 Å². The van der Waals surface area contributed by atoms with Crippen molar-refractivity contribution in [1.29, 1.82) is 0 Å².